The zero-order valence-electron chi connectivity index (χ0n) is 7.60. The SMILES string of the molecule is NCC(NC(=O)c1nn[nH]n1)C1CC1. The lowest BCUT2D eigenvalue weighted by Crippen LogP contribution is -2.42. The quantitative estimate of drug-likeness (QED) is 0.552. The first-order chi connectivity index (χ1) is 6.81. The molecule has 1 amide bonds. The lowest BCUT2D eigenvalue weighted by atomic mass is 10.2. The number of H-pyrrole nitrogens is 1. The third-order valence-corrected chi connectivity index (χ3v) is 2.31. The summed E-state index contributed by atoms with van der Waals surface area (Å²) in [5.41, 5.74) is 5.54. The van der Waals surface area contributed by atoms with Crippen molar-refractivity contribution in [1.29, 1.82) is 0 Å². The highest BCUT2D eigenvalue weighted by atomic mass is 16.2. The Balaban J connectivity index is 1.92. The van der Waals surface area contributed by atoms with Crippen LogP contribution in [0.25, 0.3) is 0 Å². The Morgan fingerprint density at radius 1 is 1.71 bits per heavy atom. The number of nitrogens with one attached hydrogen (secondary N) is 2. The minimum absolute atomic E-state index is 0.0426. The normalized spacial score (nSPS) is 17.8. The van der Waals surface area contributed by atoms with E-state index in [1.165, 1.54) is 0 Å². The van der Waals surface area contributed by atoms with E-state index in [-0.39, 0.29) is 17.8 Å². The second kappa shape index (κ2) is 3.70. The van der Waals surface area contributed by atoms with E-state index < -0.39 is 0 Å². The second-order valence-corrected chi connectivity index (χ2v) is 3.39. The number of carbonyl (C=O) groups excluding carboxylic acids is 1. The van der Waals surface area contributed by atoms with Gasteiger partial charge in [-0.25, -0.2) is 0 Å². The van der Waals surface area contributed by atoms with Crippen LogP contribution in [0.4, 0.5) is 0 Å². The average molecular weight is 196 g/mol. The summed E-state index contributed by atoms with van der Waals surface area (Å²) < 4.78 is 0. The number of rotatable bonds is 4. The van der Waals surface area contributed by atoms with Crippen molar-refractivity contribution in [3.8, 4) is 0 Å². The summed E-state index contributed by atoms with van der Waals surface area (Å²) >= 11 is 0. The Labute approximate surface area is 80.4 Å². The number of nitrogens with two attached hydrogens (primary N) is 1. The van der Waals surface area contributed by atoms with Crippen molar-refractivity contribution in [2.45, 2.75) is 18.9 Å². The fraction of sp³-hybridized carbons (Fsp3) is 0.714. The van der Waals surface area contributed by atoms with E-state index in [9.17, 15) is 4.79 Å². The molecule has 0 bridgehead atoms. The van der Waals surface area contributed by atoms with E-state index in [1.54, 1.807) is 0 Å². The summed E-state index contributed by atoms with van der Waals surface area (Å²) in [7, 11) is 0. The molecule has 0 radical (unpaired) electrons. The van der Waals surface area contributed by atoms with Crippen LogP contribution in [0, 0.1) is 5.92 Å². The Hall–Kier alpha value is -1.50. The zero-order chi connectivity index (χ0) is 9.97. The lowest BCUT2D eigenvalue weighted by Gasteiger charge is -2.13. The molecule has 7 nitrogen and oxygen atoms in total. The van der Waals surface area contributed by atoms with Crippen LogP contribution in [-0.4, -0.2) is 39.1 Å². The first kappa shape index (κ1) is 9.07. The first-order valence-corrected chi connectivity index (χ1v) is 4.55. The number of nitrogens with zero attached hydrogens (tertiary/aromatic N) is 3. The number of hydrogen-bond donors (Lipinski definition) is 3. The van der Waals surface area contributed by atoms with Gasteiger partial charge in [-0.2, -0.15) is 5.21 Å². The molecule has 4 N–H and O–H groups in total. The highest BCUT2D eigenvalue weighted by Gasteiger charge is 2.31. The van der Waals surface area contributed by atoms with Crippen LogP contribution in [0.2, 0.25) is 0 Å². The molecule has 1 heterocycles. The van der Waals surface area contributed by atoms with Gasteiger partial charge >= 0.3 is 0 Å². The van der Waals surface area contributed by atoms with Crippen molar-refractivity contribution >= 4 is 5.91 Å². The van der Waals surface area contributed by atoms with Gasteiger partial charge in [0.05, 0.1) is 0 Å². The van der Waals surface area contributed by atoms with Gasteiger partial charge < -0.3 is 11.1 Å². The van der Waals surface area contributed by atoms with Crippen LogP contribution in [0.5, 0.6) is 0 Å². The van der Waals surface area contributed by atoms with E-state index >= 15 is 0 Å². The minimum Gasteiger partial charge on any atom is -0.345 e. The third kappa shape index (κ3) is 1.87. The number of hydrogen-bond acceptors (Lipinski definition) is 5. The van der Waals surface area contributed by atoms with Crippen molar-refractivity contribution in [2.75, 3.05) is 6.54 Å². The molecule has 1 aliphatic rings. The van der Waals surface area contributed by atoms with Gasteiger partial charge in [0, 0.05) is 12.6 Å². The molecular formula is C7H12N6O. The molecule has 0 saturated heterocycles. The molecular weight excluding hydrogens is 184 g/mol. The number of aromatic amines is 1. The number of aromatic nitrogens is 4. The molecule has 76 valence electrons. The van der Waals surface area contributed by atoms with Gasteiger partial charge in [0.15, 0.2) is 0 Å². The Morgan fingerprint density at radius 2 is 2.50 bits per heavy atom. The van der Waals surface area contributed by atoms with Gasteiger partial charge in [-0.1, -0.05) is 0 Å². The van der Waals surface area contributed by atoms with Gasteiger partial charge in [-0.3, -0.25) is 4.79 Å². The molecule has 2 rings (SSSR count). The molecule has 1 aliphatic carbocycles. The minimum atomic E-state index is -0.318. The molecule has 1 unspecified atom stereocenters. The fourth-order valence-corrected chi connectivity index (χ4v) is 1.36. The summed E-state index contributed by atoms with van der Waals surface area (Å²) in [4.78, 5) is 11.5. The van der Waals surface area contributed by atoms with Crippen molar-refractivity contribution in [3.05, 3.63) is 5.82 Å². The maximum atomic E-state index is 11.5. The molecule has 1 fully saturated rings. The van der Waals surface area contributed by atoms with E-state index in [0.717, 1.165) is 12.8 Å². The van der Waals surface area contributed by atoms with Crippen LogP contribution in [0.3, 0.4) is 0 Å². The summed E-state index contributed by atoms with van der Waals surface area (Å²) in [5, 5.41) is 15.5. The zero-order valence-corrected chi connectivity index (χ0v) is 7.60. The van der Waals surface area contributed by atoms with Crippen LogP contribution in [-0.2, 0) is 0 Å². The summed E-state index contributed by atoms with van der Waals surface area (Å²) in [6, 6.07) is 0.0426. The van der Waals surface area contributed by atoms with Gasteiger partial charge in [-0.15, -0.1) is 10.2 Å². The van der Waals surface area contributed by atoms with Crippen LogP contribution < -0.4 is 11.1 Å². The smallest absolute Gasteiger partial charge is 0.293 e. The predicted molar refractivity (Wildman–Crippen MR) is 47.2 cm³/mol. The molecule has 1 saturated carbocycles. The van der Waals surface area contributed by atoms with Crippen molar-refractivity contribution < 1.29 is 4.79 Å². The van der Waals surface area contributed by atoms with Gasteiger partial charge in [-0.05, 0) is 24.0 Å². The van der Waals surface area contributed by atoms with Crippen LogP contribution >= 0.6 is 0 Å². The molecule has 0 aromatic carbocycles. The summed E-state index contributed by atoms with van der Waals surface area (Å²) in [6.07, 6.45) is 2.27. The third-order valence-electron chi connectivity index (χ3n) is 2.31. The largest absolute Gasteiger partial charge is 0.345 e. The highest BCUT2D eigenvalue weighted by molar-refractivity contribution is 5.90. The van der Waals surface area contributed by atoms with Crippen molar-refractivity contribution in [3.63, 3.8) is 0 Å². The van der Waals surface area contributed by atoms with Crippen LogP contribution in [0.15, 0.2) is 0 Å². The molecule has 1 aromatic heterocycles. The first-order valence-electron chi connectivity index (χ1n) is 4.55. The highest BCUT2D eigenvalue weighted by Crippen LogP contribution is 2.32. The predicted octanol–water partition coefficient (Wildman–Crippen LogP) is -1.33. The van der Waals surface area contributed by atoms with Gasteiger partial charge in [0.1, 0.15) is 0 Å². The molecule has 0 spiro atoms. The van der Waals surface area contributed by atoms with Gasteiger partial charge in [0.2, 0.25) is 0 Å². The molecule has 7 heteroatoms. The maximum Gasteiger partial charge on any atom is 0.293 e. The average Bonchev–Trinajstić information content (AvgIpc) is 2.88. The molecule has 1 aromatic rings. The standard InChI is InChI=1S/C7H12N6O/c8-3-5(4-1-2-4)9-7(14)6-10-12-13-11-6/h4-5H,1-3,8H2,(H,9,14)(H,10,11,12,13). The topological polar surface area (TPSA) is 110 Å². The van der Waals surface area contributed by atoms with Crippen LogP contribution in [0.1, 0.15) is 23.5 Å². The Kier molecular flexibility index (Phi) is 2.40. The second-order valence-electron chi connectivity index (χ2n) is 3.39. The Bertz CT molecular complexity index is 306. The van der Waals surface area contributed by atoms with Gasteiger partial charge in [0.25, 0.3) is 11.7 Å². The molecule has 1 atom stereocenters. The van der Waals surface area contributed by atoms with Crippen molar-refractivity contribution in [1.82, 2.24) is 25.9 Å². The summed E-state index contributed by atoms with van der Waals surface area (Å²) in [5.74, 6) is 0.265. The van der Waals surface area contributed by atoms with E-state index in [2.05, 4.69) is 25.9 Å². The molecule has 0 aliphatic heterocycles. The monoisotopic (exact) mass is 196 g/mol. The maximum absolute atomic E-state index is 11.5. The number of tetrazole rings is 1. The van der Waals surface area contributed by atoms with E-state index in [1.807, 2.05) is 0 Å². The van der Waals surface area contributed by atoms with E-state index in [4.69, 9.17) is 5.73 Å². The number of amides is 1. The summed E-state index contributed by atoms with van der Waals surface area (Å²) in [6.45, 7) is 0.453. The van der Waals surface area contributed by atoms with E-state index in [0.29, 0.717) is 12.5 Å². The Morgan fingerprint density at radius 3 is 3.00 bits per heavy atom. The fourth-order valence-electron chi connectivity index (χ4n) is 1.36. The lowest BCUT2D eigenvalue weighted by molar-refractivity contribution is 0.0923. The molecule has 14 heavy (non-hydrogen) atoms. The van der Waals surface area contributed by atoms with Crippen molar-refractivity contribution in [2.24, 2.45) is 11.7 Å². The number of carbonyl (C=O) groups is 1.